The lowest BCUT2D eigenvalue weighted by molar-refractivity contribution is -0.143. The van der Waals surface area contributed by atoms with Crippen LogP contribution in [-0.2, 0) is 9.53 Å². The van der Waals surface area contributed by atoms with Crippen molar-refractivity contribution in [1.82, 2.24) is 0 Å². The molecule has 2 aromatic rings. The fraction of sp³-hybridized carbons (Fsp3) is 0.263. The second-order valence-corrected chi connectivity index (χ2v) is 5.69. The number of carbonyl (C=O) groups is 2. The van der Waals surface area contributed by atoms with E-state index in [2.05, 4.69) is 0 Å². The number of fused-ring (bicyclic) bond motifs is 1. The number of methoxy groups -OCH3 is 3. The first-order chi connectivity index (χ1) is 12.0. The third-order valence-corrected chi connectivity index (χ3v) is 4.45. The summed E-state index contributed by atoms with van der Waals surface area (Å²) in [5.41, 5.74) is 1.56. The molecule has 1 aliphatic carbocycles. The molecule has 0 radical (unpaired) electrons. The van der Waals surface area contributed by atoms with Crippen LogP contribution in [0.4, 0.5) is 4.39 Å². The van der Waals surface area contributed by atoms with Crippen LogP contribution in [0.15, 0.2) is 36.4 Å². The van der Waals surface area contributed by atoms with Crippen LogP contribution in [-0.4, -0.2) is 33.1 Å². The lowest BCUT2D eigenvalue weighted by Crippen LogP contribution is -2.26. The average molecular weight is 344 g/mol. The average Bonchev–Trinajstić information content (AvgIpc) is 2.93. The molecule has 0 N–H and O–H groups in total. The summed E-state index contributed by atoms with van der Waals surface area (Å²) in [4.78, 5) is 25.2. The fourth-order valence-electron chi connectivity index (χ4n) is 3.30. The van der Waals surface area contributed by atoms with Crippen molar-refractivity contribution in [2.75, 3.05) is 21.3 Å². The van der Waals surface area contributed by atoms with Gasteiger partial charge in [-0.05, 0) is 23.8 Å². The third-order valence-electron chi connectivity index (χ3n) is 4.45. The zero-order chi connectivity index (χ0) is 18.1. The van der Waals surface area contributed by atoms with Gasteiger partial charge in [0.25, 0.3) is 0 Å². The smallest absolute Gasteiger partial charge is 0.317 e. The Morgan fingerprint density at radius 2 is 1.72 bits per heavy atom. The van der Waals surface area contributed by atoms with Gasteiger partial charge < -0.3 is 14.2 Å². The van der Waals surface area contributed by atoms with Crippen molar-refractivity contribution in [3.05, 3.63) is 58.9 Å². The molecule has 0 heterocycles. The number of esters is 1. The molecule has 0 amide bonds. The number of halogens is 1. The molecule has 6 heteroatoms. The highest BCUT2D eigenvalue weighted by Crippen LogP contribution is 2.48. The van der Waals surface area contributed by atoms with Crippen LogP contribution >= 0.6 is 0 Å². The summed E-state index contributed by atoms with van der Waals surface area (Å²) >= 11 is 0. The van der Waals surface area contributed by atoms with Gasteiger partial charge in [0.2, 0.25) is 0 Å². The molecule has 3 rings (SSSR count). The molecule has 2 aromatic carbocycles. The van der Waals surface area contributed by atoms with E-state index >= 15 is 0 Å². The molecule has 0 spiro atoms. The maximum atomic E-state index is 13.3. The number of ether oxygens (including phenoxy) is 3. The first-order valence-corrected chi connectivity index (χ1v) is 7.65. The van der Waals surface area contributed by atoms with Crippen LogP contribution in [0.5, 0.6) is 11.5 Å². The van der Waals surface area contributed by atoms with E-state index in [-0.39, 0.29) is 5.78 Å². The Balaban J connectivity index is 2.25. The van der Waals surface area contributed by atoms with Gasteiger partial charge in [0.05, 0.1) is 21.3 Å². The Labute approximate surface area is 144 Å². The van der Waals surface area contributed by atoms with Gasteiger partial charge in [-0.25, -0.2) is 4.39 Å². The molecular formula is C19H17FO5. The summed E-state index contributed by atoms with van der Waals surface area (Å²) in [7, 11) is 4.20. The maximum Gasteiger partial charge on any atom is 0.317 e. The van der Waals surface area contributed by atoms with Crippen molar-refractivity contribution < 1.29 is 28.2 Å². The molecule has 0 saturated carbocycles. The van der Waals surface area contributed by atoms with Gasteiger partial charge in [0, 0.05) is 23.1 Å². The molecule has 0 aliphatic heterocycles. The Morgan fingerprint density at radius 3 is 2.28 bits per heavy atom. The molecule has 2 atom stereocenters. The van der Waals surface area contributed by atoms with Crippen molar-refractivity contribution in [1.29, 1.82) is 0 Å². The quantitative estimate of drug-likeness (QED) is 0.630. The molecular weight excluding hydrogens is 327 g/mol. The van der Waals surface area contributed by atoms with Crippen LogP contribution in [0.1, 0.15) is 27.4 Å². The molecule has 5 nitrogen and oxygen atoms in total. The topological polar surface area (TPSA) is 61.8 Å². The molecule has 1 aliphatic rings. The number of ketones is 1. The monoisotopic (exact) mass is 344 g/mol. The van der Waals surface area contributed by atoms with Gasteiger partial charge in [-0.15, -0.1) is 0 Å². The van der Waals surface area contributed by atoms with E-state index in [0.717, 1.165) is 0 Å². The van der Waals surface area contributed by atoms with Gasteiger partial charge in [-0.1, -0.05) is 12.1 Å². The zero-order valence-electron chi connectivity index (χ0n) is 14.0. The van der Waals surface area contributed by atoms with Crippen molar-refractivity contribution >= 4 is 11.8 Å². The van der Waals surface area contributed by atoms with Crippen molar-refractivity contribution in [2.24, 2.45) is 5.92 Å². The molecule has 0 fully saturated rings. The second kappa shape index (κ2) is 6.55. The summed E-state index contributed by atoms with van der Waals surface area (Å²) in [5, 5.41) is 0. The van der Waals surface area contributed by atoms with Crippen LogP contribution < -0.4 is 9.47 Å². The van der Waals surface area contributed by atoms with E-state index in [9.17, 15) is 14.0 Å². The Kier molecular flexibility index (Phi) is 4.44. The van der Waals surface area contributed by atoms with Gasteiger partial charge in [-0.2, -0.15) is 0 Å². The normalized spacial score (nSPS) is 18.6. The van der Waals surface area contributed by atoms with Crippen molar-refractivity contribution in [2.45, 2.75) is 5.92 Å². The van der Waals surface area contributed by atoms with Crippen molar-refractivity contribution in [3.8, 4) is 11.5 Å². The lowest BCUT2D eigenvalue weighted by atomic mass is 9.85. The summed E-state index contributed by atoms with van der Waals surface area (Å²) in [6, 6.07) is 8.94. The summed E-state index contributed by atoms with van der Waals surface area (Å²) in [6.07, 6.45) is 0. The molecule has 0 bridgehead atoms. The molecule has 130 valence electrons. The highest BCUT2D eigenvalue weighted by Gasteiger charge is 2.47. The van der Waals surface area contributed by atoms with E-state index in [1.807, 2.05) is 0 Å². The number of carbonyl (C=O) groups excluding carboxylic acids is 2. The minimum atomic E-state index is -1.05. The highest BCUT2D eigenvalue weighted by molar-refractivity contribution is 6.14. The molecule has 0 aromatic heterocycles. The molecule has 0 unspecified atom stereocenters. The number of Topliss-reactive ketones (excluding diaryl/α,β-unsaturated/α-hetero) is 1. The van der Waals surface area contributed by atoms with E-state index in [0.29, 0.717) is 28.2 Å². The van der Waals surface area contributed by atoms with Gasteiger partial charge >= 0.3 is 5.97 Å². The van der Waals surface area contributed by atoms with E-state index in [1.54, 1.807) is 24.3 Å². The minimum absolute atomic E-state index is 0.348. The zero-order valence-corrected chi connectivity index (χ0v) is 14.0. The van der Waals surface area contributed by atoms with E-state index in [4.69, 9.17) is 14.2 Å². The largest absolute Gasteiger partial charge is 0.497 e. The minimum Gasteiger partial charge on any atom is -0.497 e. The number of hydrogen-bond donors (Lipinski definition) is 0. The first-order valence-electron chi connectivity index (χ1n) is 7.65. The van der Waals surface area contributed by atoms with Crippen LogP contribution in [0.3, 0.4) is 0 Å². The Morgan fingerprint density at radius 1 is 1.04 bits per heavy atom. The first kappa shape index (κ1) is 17.0. The SMILES string of the molecule is COC(=O)[C@H]1C(=O)c2cc(OC)cc(OC)c2[C@@H]1c1ccc(F)cc1. The third kappa shape index (κ3) is 2.73. The van der Waals surface area contributed by atoms with Crippen LogP contribution in [0.2, 0.25) is 0 Å². The fourth-order valence-corrected chi connectivity index (χ4v) is 3.30. The van der Waals surface area contributed by atoms with E-state index < -0.39 is 23.6 Å². The van der Waals surface area contributed by atoms with Crippen LogP contribution in [0.25, 0.3) is 0 Å². The summed E-state index contributed by atoms with van der Waals surface area (Å²) in [6.45, 7) is 0. The number of hydrogen-bond acceptors (Lipinski definition) is 5. The number of rotatable bonds is 4. The van der Waals surface area contributed by atoms with Gasteiger partial charge in [0.1, 0.15) is 23.2 Å². The molecule has 25 heavy (non-hydrogen) atoms. The van der Waals surface area contributed by atoms with Crippen molar-refractivity contribution in [3.63, 3.8) is 0 Å². The predicted octanol–water partition coefficient (Wildman–Crippen LogP) is 2.96. The van der Waals surface area contributed by atoms with Crippen LogP contribution in [0, 0.1) is 11.7 Å². The Bertz CT molecular complexity index is 828. The lowest BCUT2D eigenvalue weighted by Gasteiger charge is -2.20. The summed E-state index contributed by atoms with van der Waals surface area (Å²) in [5.74, 6) is -2.19. The maximum absolute atomic E-state index is 13.3. The highest BCUT2D eigenvalue weighted by atomic mass is 19.1. The molecule has 0 saturated heterocycles. The van der Waals surface area contributed by atoms with Gasteiger partial charge in [-0.3, -0.25) is 9.59 Å². The van der Waals surface area contributed by atoms with E-state index in [1.165, 1.54) is 33.5 Å². The van der Waals surface area contributed by atoms with Gasteiger partial charge in [0.15, 0.2) is 5.78 Å². The number of benzene rings is 2. The standard InChI is InChI=1S/C19H17FO5/c1-23-12-8-13-16(14(9-12)24-2)15(10-4-6-11(20)7-5-10)17(18(13)21)19(22)25-3/h4-9,15,17H,1-3H3/t15-,17+/m0/s1. The Hall–Kier alpha value is -2.89. The summed E-state index contributed by atoms with van der Waals surface area (Å²) < 4.78 is 28.8. The predicted molar refractivity (Wildman–Crippen MR) is 87.6 cm³/mol. The second-order valence-electron chi connectivity index (χ2n) is 5.69.